The highest BCUT2D eigenvalue weighted by Crippen LogP contribution is 2.29. The van der Waals surface area contributed by atoms with Gasteiger partial charge in [-0.25, -0.2) is 0 Å². The Balaban J connectivity index is 3.32. The molecule has 0 saturated carbocycles. The molecule has 0 aromatic heterocycles. The van der Waals surface area contributed by atoms with Crippen LogP contribution in [0, 0.1) is 0 Å². The van der Waals surface area contributed by atoms with Crippen LogP contribution in [-0.4, -0.2) is 115 Å². The molecule has 0 aromatic rings. The van der Waals surface area contributed by atoms with E-state index in [0.717, 1.165) is 72.1 Å². The first-order valence-corrected chi connectivity index (χ1v) is 27.7. The van der Waals surface area contributed by atoms with Crippen molar-refractivity contribution in [2.75, 3.05) is 13.2 Å². The molecule has 72 heavy (non-hydrogen) atoms. The molecular formula is C55H97NO16. The Morgan fingerprint density at radius 3 is 1.29 bits per heavy atom. The number of carbonyl (C=O) groups excluding carboxylic acids is 7. The Labute approximate surface area is 432 Å². The molecule has 1 heterocycles. The van der Waals surface area contributed by atoms with E-state index in [9.17, 15) is 38.7 Å². The predicted molar refractivity (Wildman–Crippen MR) is 272 cm³/mol. The molecule has 9 atom stereocenters. The molecule has 17 nitrogen and oxygen atoms in total. The SMILES string of the molecule is CCCCCCCCCCCCCCCCCC(OC(C)=O)C(=O)N[C@@H](CO[C@H]1O[C@H](COC(C)=O)[C@H](OC(C)=O)[C@H](OC(C)=O)[C@H]1O)C(OC(C)=O)C(CCCCCCCCCCCCCC)OC(C)=O. The first-order valence-electron chi connectivity index (χ1n) is 27.7. The molecule has 2 N–H and O–H groups in total. The predicted octanol–water partition coefficient (Wildman–Crippen LogP) is 10.1. The number of hydrogen-bond acceptors (Lipinski definition) is 16. The van der Waals surface area contributed by atoms with Gasteiger partial charge in [-0.15, -0.1) is 0 Å². The van der Waals surface area contributed by atoms with Gasteiger partial charge in [-0.05, 0) is 25.7 Å². The molecule has 1 amide bonds. The summed E-state index contributed by atoms with van der Waals surface area (Å²) in [5.41, 5.74) is 0. The molecule has 0 bridgehead atoms. The third kappa shape index (κ3) is 32.4. The third-order valence-electron chi connectivity index (χ3n) is 12.8. The number of rotatable bonds is 43. The van der Waals surface area contributed by atoms with Crippen LogP contribution in [0.5, 0.6) is 0 Å². The maximum atomic E-state index is 14.3. The van der Waals surface area contributed by atoms with Crippen LogP contribution in [0.4, 0.5) is 0 Å². The lowest BCUT2D eigenvalue weighted by Gasteiger charge is -2.43. The Morgan fingerprint density at radius 1 is 0.486 bits per heavy atom. The van der Waals surface area contributed by atoms with Crippen LogP contribution < -0.4 is 5.32 Å². The second-order valence-electron chi connectivity index (χ2n) is 19.7. The van der Waals surface area contributed by atoms with E-state index in [1.54, 1.807) is 0 Å². The minimum Gasteiger partial charge on any atom is -0.463 e. The van der Waals surface area contributed by atoms with Crippen molar-refractivity contribution in [3.63, 3.8) is 0 Å². The van der Waals surface area contributed by atoms with E-state index in [1.807, 2.05) is 0 Å². The van der Waals surface area contributed by atoms with Crippen molar-refractivity contribution in [1.82, 2.24) is 5.32 Å². The second-order valence-corrected chi connectivity index (χ2v) is 19.7. The fraction of sp³-hybridized carbons (Fsp3) is 0.873. The van der Waals surface area contributed by atoms with Crippen LogP contribution in [0.25, 0.3) is 0 Å². The molecule has 0 aromatic carbocycles. The van der Waals surface area contributed by atoms with Gasteiger partial charge in [0.25, 0.3) is 5.91 Å². The Bertz CT molecular complexity index is 1510. The maximum Gasteiger partial charge on any atom is 0.303 e. The van der Waals surface area contributed by atoms with Crippen LogP contribution in [0.15, 0.2) is 0 Å². The van der Waals surface area contributed by atoms with Gasteiger partial charge in [0.05, 0.1) is 12.6 Å². The zero-order chi connectivity index (χ0) is 53.5. The summed E-state index contributed by atoms with van der Waals surface area (Å²) in [5, 5.41) is 14.4. The Kier molecular flexibility index (Phi) is 38.2. The van der Waals surface area contributed by atoms with Crippen molar-refractivity contribution in [3.8, 4) is 0 Å². The number of hydrogen-bond donors (Lipinski definition) is 2. The summed E-state index contributed by atoms with van der Waals surface area (Å²) in [5.74, 6) is -5.15. The van der Waals surface area contributed by atoms with Crippen LogP contribution in [0.1, 0.15) is 242 Å². The molecule has 1 saturated heterocycles. The van der Waals surface area contributed by atoms with Crippen molar-refractivity contribution in [2.24, 2.45) is 0 Å². The largest absolute Gasteiger partial charge is 0.463 e. The molecule has 0 spiro atoms. The smallest absolute Gasteiger partial charge is 0.303 e. The summed E-state index contributed by atoms with van der Waals surface area (Å²) >= 11 is 0. The average molecular weight is 1030 g/mol. The van der Waals surface area contributed by atoms with E-state index < -0.39 is 110 Å². The number of esters is 6. The van der Waals surface area contributed by atoms with Gasteiger partial charge in [0, 0.05) is 41.5 Å². The number of carbonyl (C=O) groups is 7. The fourth-order valence-corrected chi connectivity index (χ4v) is 9.16. The highest BCUT2D eigenvalue weighted by molar-refractivity contribution is 5.83. The highest BCUT2D eigenvalue weighted by atomic mass is 16.7. The quantitative estimate of drug-likeness (QED) is 0.0329. The van der Waals surface area contributed by atoms with Gasteiger partial charge in [-0.2, -0.15) is 0 Å². The summed E-state index contributed by atoms with van der Waals surface area (Å²) in [6, 6.07) is -1.32. The zero-order valence-corrected chi connectivity index (χ0v) is 45.7. The van der Waals surface area contributed by atoms with Crippen molar-refractivity contribution < 1.29 is 76.6 Å². The molecule has 1 aliphatic heterocycles. The van der Waals surface area contributed by atoms with E-state index >= 15 is 0 Å². The van der Waals surface area contributed by atoms with Crippen molar-refractivity contribution in [1.29, 1.82) is 0 Å². The van der Waals surface area contributed by atoms with E-state index in [0.29, 0.717) is 12.8 Å². The minimum atomic E-state index is -1.81. The molecule has 1 rings (SSSR count). The van der Waals surface area contributed by atoms with Gasteiger partial charge < -0.3 is 48.3 Å². The number of aliphatic hydroxyl groups is 1. The monoisotopic (exact) mass is 1030 g/mol. The fourth-order valence-electron chi connectivity index (χ4n) is 9.16. The highest BCUT2D eigenvalue weighted by Gasteiger charge is 2.51. The number of aliphatic hydroxyl groups excluding tert-OH is 1. The van der Waals surface area contributed by atoms with E-state index in [2.05, 4.69) is 19.2 Å². The van der Waals surface area contributed by atoms with E-state index in [1.165, 1.54) is 130 Å². The number of unbranched alkanes of at least 4 members (excludes halogenated alkanes) is 25. The first kappa shape index (κ1) is 66.2. The lowest BCUT2D eigenvalue weighted by atomic mass is 9.97. The summed E-state index contributed by atoms with van der Waals surface area (Å²) in [7, 11) is 0. The molecule has 17 heteroatoms. The summed E-state index contributed by atoms with van der Waals surface area (Å²) in [6.45, 7) is 10.3. The van der Waals surface area contributed by atoms with Crippen molar-refractivity contribution >= 4 is 41.7 Å². The zero-order valence-electron chi connectivity index (χ0n) is 45.7. The number of ether oxygens (including phenoxy) is 8. The Hall–Kier alpha value is -3.83. The average Bonchev–Trinajstić information content (AvgIpc) is 3.31. The number of amides is 1. The van der Waals surface area contributed by atoms with Gasteiger partial charge in [-0.1, -0.05) is 174 Å². The first-order chi connectivity index (χ1) is 34.5. The third-order valence-corrected chi connectivity index (χ3v) is 12.8. The van der Waals surface area contributed by atoms with Gasteiger partial charge >= 0.3 is 35.8 Å². The molecular weight excluding hydrogens is 931 g/mol. The maximum absolute atomic E-state index is 14.3. The summed E-state index contributed by atoms with van der Waals surface area (Å²) in [6.07, 6.45) is 19.5. The van der Waals surface area contributed by atoms with Crippen LogP contribution >= 0.6 is 0 Å². The molecule has 3 unspecified atom stereocenters. The van der Waals surface area contributed by atoms with Crippen molar-refractivity contribution in [3.05, 3.63) is 0 Å². The lowest BCUT2D eigenvalue weighted by Crippen LogP contribution is -2.63. The molecule has 0 aliphatic carbocycles. The molecule has 0 radical (unpaired) electrons. The van der Waals surface area contributed by atoms with E-state index in [4.69, 9.17) is 37.9 Å². The number of nitrogens with one attached hydrogen (secondary N) is 1. The van der Waals surface area contributed by atoms with Crippen LogP contribution in [-0.2, 0) is 71.5 Å². The molecule has 1 fully saturated rings. The minimum absolute atomic E-state index is 0.200. The van der Waals surface area contributed by atoms with Gasteiger partial charge in [0.1, 0.15) is 24.9 Å². The normalized spacial score (nSPS) is 19.3. The van der Waals surface area contributed by atoms with Gasteiger partial charge in [0.2, 0.25) is 0 Å². The van der Waals surface area contributed by atoms with Crippen LogP contribution in [0.3, 0.4) is 0 Å². The standard InChI is InChI=1S/C55H97NO16/c1-9-11-13-15-17-19-21-23-24-25-27-29-31-33-35-37-48(68-42(5)59)54(64)56-46(38-66-55-50(63)53(71-45(8)62)52(70-44(7)61)49(72-55)39-65-40(3)57)51(69-43(6)60)47(67-41(4)58)36-34-32-30-28-26-22-20-18-16-14-12-10-2/h46-53,55,63H,9-39H2,1-8H3,(H,56,64)/t46-,47?,48?,49+,50+,51?,52-,53+,55-/m0/s1. The van der Waals surface area contributed by atoms with Crippen LogP contribution in [0.2, 0.25) is 0 Å². The second kappa shape index (κ2) is 41.5. The van der Waals surface area contributed by atoms with Gasteiger partial charge in [-0.3, -0.25) is 33.6 Å². The summed E-state index contributed by atoms with van der Waals surface area (Å²) < 4.78 is 45.4. The molecule has 418 valence electrons. The molecule has 1 aliphatic rings. The van der Waals surface area contributed by atoms with E-state index in [-0.39, 0.29) is 12.8 Å². The van der Waals surface area contributed by atoms with Crippen molar-refractivity contribution in [2.45, 2.75) is 297 Å². The lowest BCUT2D eigenvalue weighted by molar-refractivity contribution is -0.307. The Morgan fingerprint density at radius 2 is 0.889 bits per heavy atom. The summed E-state index contributed by atoms with van der Waals surface area (Å²) in [4.78, 5) is 88.6. The topological polar surface area (TPSA) is 226 Å². The van der Waals surface area contributed by atoms with Gasteiger partial charge in [0.15, 0.2) is 30.7 Å².